The highest BCUT2D eigenvalue weighted by Gasteiger charge is 2.13. The van der Waals surface area contributed by atoms with Crippen LogP contribution < -0.4 is 15.9 Å². The van der Waals surface area contributed by atoms with Crippen LogP contribution >= 0.6 is 0 Å². The number of amides is 1. The van der Waals surface area contributed by atoms with Crippen molar-refractivity contribution in [2.75, 3.05) is 23.3 Å². The fourth-order valence-corrected chi connectivity index (χ4v) is 2.46. The number of anilines is 2. The number of hydrogen-bond acceptors (Lipinski definition) is 5. The summed E-state index contributed by atoms with van der Waals surface area (Å²) in [6, 6.07) is 5.34. The van der Waals surface area contributed by atoms with E-state index in [2.05, 4.69) is 20.2 Å². The maximum absolute atomic E-state index is 11.9. The van der Waals surface area contributed by atoms with Gasteiger partial charge in [0.15, 0.2) is 0 Å². The standard InChI is InChI=1S/C15H17N5O2/c21-14(11-20-9-3-6-16-15(20)22)18-12-4-5-13(17-10-12)19-7-1-2-8-19/h3-6,9-10H,1-2,7-8,11H2,(H,18,21). The lowest BCUT2D eigenvalue weighted by atomic mass is 10.3. The molecule has 0 aromatic carbocycles. The molecular weight excluding hydrogens is 282 g/mol. The van der Waals surface area contributed by atoms with Crippen molar-refractivity contribution in [1.29, 1.82) is 0 Å². The molecule has 7 nitrogen and oxygen atoms in total. The lowest BCUT2D eigenvalue weighted by Gasteiger charge is -2.16. The van der Waals surface area contributed by atoms with Crippen LogP contribution in [0.2, 0.25) is 0 Å². The van der Waals surface area contributed by atoms with E-state index in [1.165, 1.54) is 29.8 Å². The van der Waals surface area contributed by atoms with Gasteiger partial charge in [-0.2, -0.15) is 0 Å². The van der Waals surface area contributed by atoms with Gasteiger partial charge in [0, 0.05) is 25.5 Å². The Hall–Kier alpha value is -2.70. The minimum absolute atomic E-state index is 0.0689. The Bertz CT molecular complexity index is 704. The predicted molar refractivity (Wildman–Crippen MR) is 82.8 cm³/mol. The zero-order valence-corrected chi connectivity index (χ0v) is 12.1. The first-order chi connectivity index (χ1) is 10.7. The van der Waals surface area contributed by atoms with Gasteiger partial charge in [-0.05, 0) is 31.0 Å². The number of nitrogens with zero attached hydrogens (tertiary/aromatic N) is 4. The monoisotopic (exact) mass is 299 g/mol. The van der Waals surface area contributed by atoms with Crippen molar-refractivity contribution in [3.8, 4) is 0 Å². The number of rotatable bonds is 4. The summed E-state index contributed by atoms with van der Waals surface area (Å²) in [5, 5.41) is 2.73. The number of hydrogen-bond donors (Lipinski definition) is 1. The van der Waals surface area contributed by atoms with Crippen molar-refractivity contribution in [3.05, 3.63) is 47.3 Å². The molecule has 1 saturated heterocycles. The van der Waals surface area contributed by atoms with Crippen molar-refractivity contribution < 1.29 is 4.79 Å². The largest absolute Gasteiger partial charge is 0.357 e. The molecule has 0 spiro atoms. The van der Waals surface area contributed by atoms with Crippen molar-refractivity contribution >= 4 is 17.4 Å². The normalized spacial score (nSPS) is 14.1. The summed E-state index contributed by atoms with van der Waals surface area (Å²) in [5.41, 5.74) is 0.171. The van der Waals surface area contributed by atoms with Crippen molar-refractivity contribution in [3.63, 3.8) is 0 Å². The van der Waals surface area contributed by atoms with E-state index in [-0.39, 0.29) is 12.5 Å². The molecule has 1 aliphatic heterocycles. The Morgan fingerprint density at radius 1 is 1.23 bits per heavy atom. The zero-order valence-electron chi connectivity index (χ0n) is 12.1. The van der Waals surface area contributed by atoms with Crippen LogP contribution in [-0.2, 0) is 11.3 Å². The van der Waals surface area contributed by atoms with E-state index in [9.17, 15) is 9.59 Å². The second-order valence-corrected chi connectivity index (χ2v) is 5.18. The molecule has 0 unspecified atom stereocenters. The summed E-state index contributed by atoms with van der Waals surface area (Å²) in [6.07, 6.45) is 6.96. The molecule has 0 bridgehead atoms. The lowest BCUT2D eigenvalue weighted by molar-refractivity contribution is -0.116. The molecule has 1 fully saturated rings. The molecule has 2 aromatic heterocycles. The summed E-state index contributed by atoms with van der Waals surface area (Å²) in [6.45, 7) is 1.99. The minimum Gasteiger partial charge on any atom is -0.357 e. The van der Waals surface area contributed by atoms with Gasteiger partial charge in [0.2, 0.25) is 5.91 Å². The molecule has 0 radical (unpaired) electrons. The first kappa shape index (κ1) is 14.2. The number of carbonyl (C=O) groups excluding carboxylic acids is 1. The molecule has 0 aliphatic carbocycles. The summed E-state index contributed by atoms with van der Waals surface area (Å²) in [7, 11) is 0. The fraction of sp³-hybridized carbons (Fsp3) is 0.333. The molecule has 2 aromatic rings. The molecule has 3 heterocycles. The van der Waals surface area contributed by atoms with Crippen LogP contribution in [0, 0.1) is 0 Å². The average Bonchev–Trinajstić information content (AvgIpc) is 3.05. The summed E-state index contributed by atoms with van der Waals surface area (Å²) in [4.78, 5) is 33.6. The van der Waals surface area contributed by atoms with Crippen LogP contribution in [0.4, 0.5) is 11.5 Å². The number of pyridine rings is 1. The van der Waals surface area contributed by atoms with Crippen LogP contribution in [-0.4, -0.2) is 33.5 Å². The van der Waals surface area contributed by atoms with Crippen molar-refractivity contribution in [1.82, 2.24) is 14.5 Å². The molecule has 1 N–H and O–H groups in total. The van der Waals surface area contributed by atoms with Crippen LogP contribution in [0.1, 0.15) is 12.8 Å². The second-order valence-electron chi connectivity index (χ2n) is 5.18. The smallest absolute Gasteiger partial charge is 0.347 e. The van der Waals surface area contributed by atoms with Gasteiger partial charge in [-0.3, -0.25) is 9.36 Å². The van der Waals surface area contributed by atoms with Crippen LogP contribution in [0.15, 0.2) is 41.6 Å². The molecule has 0 saturated carbocycles. The number of nitrogens with one attached hydrogen (secondary N) is 1. The first-order valence-corrected chi connectivity index (χ1v) is 7.25. The Balaban J connectivity index is 1.62. The lowest BCUT2D eigenvalue weighted by Crippen LogP contribution is -2.28. The van der Waals surface area contributed by atoms with E-state index < -0.39 is 5.69 Å². The first-order valence-electron chi connectivity index (χ1n) is 7.25. The number of carbonyl (C=O) groups is 1. The van der Waals surface area contributed by atoms with E-state index in [1.807, 2.05) is 12.1 Å². The molecular formula is C15H17N5O2. The molecule has 114 valence electrons. The highest BCUT2D eigenvalue weighted by molar-refractivity contribution is 5.90. The van der Waals surface area contributed by atoms with Gasteiger partial charge in [-0.1, -0.05) is 0 Å². The van der Waals surface area contributed by atoms with Crippen LogP contribution in [0.5, 0.6) is 0 Å². The predicted octanol–water partition coefficient (Wildman–Crippen LogP) is 0.877. The molecule has 7 heteroatoms. The third-order valence-corrected chi connectivity index (χ3v) is 3.56. The van der Waals surface area contributed by atoms with Gasteiger partial charge in [0.1, 0.15) is 12.4 Å². The molecule has 1 aliphatic rings. The number of aromatic nitrogens is 3. The maximum Gasteiger partial charge on any atom is 0.347 e. The average molecular weight is 299 g/mol. The van der Waals surface area contributed by atoms with Crippen molar-refractivity contribution in [2.24, 2.45) is 0 Å². The summed E-state index contributed by atoms with van der Waals surface area (Å²) >= 11 is 0. The minimum atomic E-state index is -0.444. The van der Waals surface area contributed by atoms with Crippen LogP contribution in [0.3, 0.4) is 0 Å². The third-order valence-electron chi connectivity index (χ3n) is 3.56. The van der Waals surface area contributed by atoms with E-state index in [0.29, 0.717) is 5.69 Å². The van der Waals surface area contributed by atoms with E-state index in [1.54, 1.807) is 12.3 Å². The van der Waals surface area contributed by atoms with Crippen molar-refractivity contribution in [2.45, 2.75) is 19.4 Å². The summed E-state index contributed by atoms with van der Waals surface area (Å²) in [5.74, 6) is 0.643. The third kappa shape index (κ3) is 3.30. The van der Waals surface area contributed by atoms with E-state index >= 15 is 0 Å². The summed E-state index contributed by atoms with van der Waals surface area (Å²) < 4.78 is 1.25. The Labute approximate surface area is 127 Å². The van der Waals surface area contributed by atoms with Gasteiger partial charge < -0.3 is 10.2 Å². The molecule has 3 rings (SSSR count). The molecule has 0 atom stereocenters. The van der Waals surface area contributed by atoms with Gasteiger partial charge in [-0.25, -0.2) is 14.8 Å². The van der Waals surface area contributed by atoms with Gasteiger partial charge in [-0.15, -0.1) is 0 Å². The van der Waals surface area contributed by atoms with Gasteiger partial charge in [0.25, 0.3) is 0 Å². The quantitative estimate of drug-likeness (QED) is 0.906. The SMILES string of the molecule is O=C(Cn1cccnc1=O)Nc1ccc(N2CCCC2)nc1. The Kier molecular flexibility index (Phi) is 4.13. The second kappa shape index (κ2) is 6.38. The van der Waals surface area contributed by atoms with E-state index in [0.717, 1.165) is 18.9 Å². The Morgan fingerprint density at radius 3 is 2.73 bits per heavy atom. The van der Waals surface area contributed by atoms with Gasteiger partial charge >= 0.3 is 5.69 Å². The molecule has 22 heavy (non-hydrogen) atoms. The maximum atomic E-state index is 11.9. The highest BCUT2D eigenvalue weighted by Crippen LogP contribution is 2.18. The topological polar surface area (TPSA) is 80.1 Å². The van der Waals surface area contributed by atoms with Gasteiger partial charge in [0.05, 0.1) is 11.9 Å². The Morgan fingerprint density at radius 2 is 2.05 bits per heavy atom. The van der Waals surface area contributed by atoms with Crippen LogP contribution in [0.25, 0.3) is 0 Å². The fourth-order valence-electron chi connectivity index (χ4n) is 2.46. The zero-order chi connectivity index (χ0) is 15.4. The highest BCUT2D eigenvalue weighted by atomic mass is 16.2. The molecule has 1 amide bonds. The van der Waals surface area contributed by atoms with E-state index in [4.69, 9.17) is 0 Å².